The molecule has 0 radical (unpaired) electrons. The van der Waals surface area contributed by atoms with E-state index in [-0.39, 0.29) is 0 Å². The van der Waals surface area contributed by atoms with Gasteiger partial charge in [-0.1, -0.05) is 17.7 Å². The summed E-state index contributed by atoms with van der Waals surface area (Å²) in [6.45, 7) is 2.57. The normalized spacial score (nSPS) is 9.73. The highest BCUT2D eigenvalue weighted by Gasteiger charge is 1.98. The van der Waals surface area contributed by atoms with Crippen molar-refractivity contribution < 1.29 is 4.74 Å². The molecular weight excluding hydrogens is 138 g/mol. The van der Waals surface area contributed by atoms with Crippen LogP contribution in [0, 0.1) is 6.92 Å². The van der Waals surface area contributed by atoms with Crippen molar-refractivity contribution in [2.75, 3.05) is 7.11 Å². The Hall–Kier alpha value is -1.02. The van der Waals surface area contributed by atoms with Gasteiger partial charge in [0.1, 0.15) is 5.75 Å². The maximum Gasteiger partial charge on any atom is 0.123 e. The van der Waals surface area contributed by atoms with Crippen LogP contribution in [0.25, 0.3) is 0 Å². The molecule has 1 aromatic carbocycles. The Balaban J connectivity index is 3.06. The summed E-state index contributed by atoms with van der Waals surface area (Å²) in [7, 11) is 1.66. The molecule has 0 amide bonds. The summed E-state index contributed by atoms with van der Waals surface area (Å²) in [6.07, 6.45) is 0. The number of rotatable bonds is 2. The lowest BCUT2D eigenvalue weighted by molar-refractivity contribution is 0.409. The first kappa shape index (κ1) is 8.08. The number of hydrogen-bond acceptors (Lipinski definition) is 2. The van der Waals surface area contributed by atoms with E-state index in [0.717, 1.165) is 11.3 Å². The lowest BCUT2D eigenvalue weighted by atomic mass is 10.1. The molecule has 0 aliphatic rings. The van der Waals surface area contributed by atoms with Crippen LogP contribution in [0.4, 0.5) is 0 Å². The molecule has 1 aromatic rings. The summed E-state index contributed by atoms with van der Waals surface area (Å²) in [5.74, 6) is 0.873. The third-order valence-corrected chi connectivity index (χ3v) is 1.66. The van der Waals surface area contributed by atoms with E-state index in [1.807, 2.05) is 25.1 Å². The monoisotopic (exact) mass is 151 g/mol. The molecule has 0 spiro atoms. The van der Waals surface area contributed by atoms with E-state index in [0.29, 0.717) is 6.54 Å². The summed E-state index contributed by atoms with van der Waals surface area (Å²) < 4.78 is 5.11. The van der Waals surface area contributed by atoms with E-state index in [9.17, 15) is 0 Å². The Morgan fingerprint density at radius 3 is 2.73 bits per heavy atom. The average molecular weight is 151 g/mol. The number of hydrogen-bond donors (Lipinski definition) is 1. The lowest BCUT2D eigenvalue weighted by Gasteiger charge is -2.06. The Morgan fingerprint density at radius 2 is 2.18 bits per heavy atom. The van der Waals surface area contributed by atoms with Gasteiger partial charge in [-0.05, 0) is 13.0 Å². The van der Waals surface area contributed by atoms with Crippen molar-refractivity contribution in [1.82, 2.24) is 0 Å². The molecule has 0 aliphatic carbocycles. The van der Waals surface area contributed by atoms with Crippen LogP contribution in [-0.4, -0.2) is 7.11 Å². The predicted molar refractivity (Wildman–Crippen MR) is 45.6 cm³/mol. The zero-order valence-corrected chi connectivity index (χ0v) is 6.92. The second-order valence-electron chi connectivity index (χ2n) is 2.52. The largest absolute Gasteiger partial charge is 0.496 e. The quantitative estimate of drug-likeness (QED) is 0.694. The zero-order valence-electron chi connectivity index (χ0n) is 6.92. The third-order valence-electron chi connectivity index (χ3n) is 1.66. The van der Waals surface area contributed by atoms with Crippen molar-refractivity contribution in [3.8, 4) is 5.75 Å². The first-order valence-corrected chi connectivity index (χ1v) is 3.61. The SMILES string of the molecule is COc1ccc(C)cc1CN. The van der Waals surface area contributed by atoms with Crippen LogP contribution in [-0.2, 0) is 6.54 Å². The van der Waals surface area contributed by atoms with E-state index in [2.05, 4.69) is 0 Å². The zero-order chi connectivity index (χ0) is 8.27. The van der Waals surface area contributed by atoms with E-state index >= 15 is 0 Å². The Labute approximate surface area is 67.0 Å². The van der Waals surface area contributed by atoms with Gasteiger partial charge < -0.3 is 10.5 Å². The summed E-state index contributed by atoms with van der Waals surface area (Å²) in [4.78, 5) is 0. The van der Waals surface area contributed by atoms with Crippen molar-refractivity contribution in [3.05, 3.63) is 29.3 Å². The fraction of sp³-hybridized carbons (Fsp3) is 0.333. The maximum absolute atomic E-state index is 5.52. The van der Waals surface area contributed by atoms with Crippen LogP contribution in [0.15, 0.2) is 18.2 Å². The fourth-order valence-corrected chi connectivity index (χ4v) is 1.07. The van der Waals surface area contributed by atoms with Gasteiger partial charge in [0.2, 0.25) is 0 Å². The number of benzene rings is 1. The van der Waals surface area contributed by atoms with Crippen molar-refractivity contribution >= 4 is 0 Å². The van der Waals surface area contributed by atoms with E-state index in [1.165, 1.54) is 5.56 Å². The standard InChI is InChI=1S/C9H13NO/c1-7-3-4-9(11-2)8(5-7)6-10/h3-5H,6,10H2,1-2H3. The minimum absolute atomic E-state index is 0.533. The molecule has 0 atom stereocenters. The number of aryl methyl sites for hydroxylation is 1. The van der Waals surface area contributed by atoms with Gasteiger partial charge in [0.05, 0.1) is 7.11 Å². The molecule has 2 nitrogen and oxygen atoms in total. The molecule has 2 N–H and O–H groups in total. The number of ether oxygens (including phenoxy) is 1. The molecule has 1 rings (SSSR count). The summed E-state index contributed by atoms with van der Waals surface area (Å²) >= 11 is 0. The first-order valence-electron chi connectivity index (χ1n) is 3.61. The lowest BCUT2D eigenvalue weighted by Crippen LogP contribution is -1.99. The van der Waals surface area contributed by atoms with E-state index in [1.54, 1.807) is 7.11 Å². The molecule has 0 unspecified atom stereocenters. The fourth-order valence-electron chi connectivity index (χ4n) is 1.07. The van der Waals surface area contributed by atoms with Crippen LogP contribution in [0.1, 0.15) is 11.1 Å². The van der Waals surface area contributed by atoms with Crippen LogP contribution in [0.3, 0.4) is 0 Å². The van der Waals surface area contributed by atoms with Gasteiger partial charge in [0.15, 0.2) is 0 Å². The molecule has 0 heterocycles. The van der Waals surface area contributed by atoms with Crippen LogP contribution >= 0.6 is 0 Å². The van der Waals surface area contributed by atoms with Crippen LogP contribution in [0.2, 0.25) is 0 Å². The van der Waals surface area contributed by atoms with Gasteiger partial charge in [-0.15, -0.1) is 0 Å². The highest BCUT2D eigenvalue weighted by Crippen LogP contribution is 2.18. The van der Waals surface area contributed by atoms with Gasteiger partial charge in [-0.2, -0.15) is 0 Å². The molecule has 0 saturated heterocycles. The molecule has 0 aromatic heterocycles. The van der Waals surface area contributed by atoms with Crippen LogP contribution < -0.4 is 10.5 Å². The van der Waals surface area contributed by atoms with Gasteiger partial charge >= 0.3 is 0 Å². The molecule has 11 heavy (non-hydrogen) atoms. The molecular formula is C9H13NO. The topological polar surface area (TPSA) is 35.2 Å². The van der Waals surface area contributed by atoms with E-state index in [4.69, 9.17) is 10.5 Å². The molecule has 2 heteroatoms. The highest BCUT2D eigenvalue weighted by molar-refractivity contribution is 5.36. The van der Waals surface area contributed by atoms with Crippen molar-refractivity contribution in [3.63, 3.8) is 0 Å². The first-order chi connectivity index (χ1) is 5.27. The summed E-state index contributed by atoms with van der Waals surface area (Å²) in [5, 5.41) is 0. The molecule has 0 aliphatic heterocycles. The summed E-state index contributed by atoms with van der Waals surface area (Å²) in [6, 6.07) is 5.99. The molecule has 0 bridgehead atoms. The average Bonchev–Trinajstić information content (AvgIpc) is 2.04. The minimum atomic E-state index is 0.533. The second-order valence-corrected chi connectivity index (χ2v) is 2.52. The van der Waals surface area contributed by atoms with Crippen molar-refractivity contribution in [2.24, 2.45) is 5.73 Å². The van der Waals surface area contributed by atoms with E-state index < -0.39 is 0 Å². The van der Waals surface area contributed by atoms with Gasteiger partial charge in [-0.25, -0.2) is 0 Å². The summed E-state index contributed by atoms with van der Waals surface area (Å²) in [5.41, 5.74) is 7.79. The Morgan fingerprint density at radius 1 is 1.45 bits per heavy atom. The number of methoxy groups -OCH3 is 1. The molecule has 0 saturated carbocycles. The Bertz CT molecular complexity index is 245. The van der Waals surface area contributed by atoms with Gasteiger partial charge in [-0.3, -0.25) is 0 Å². The van der Waals surface area contributed by atoms with Gasteiger partial charge in [0.25, 0.3) is 0 Å². The van der Waals surface area contributed by atoms with Crippen molar-refractivity contribution in [1.29, 1.82) is 0 Å². The number of nitrogens with two attached hydrogens (primary N) is 1. The second kappa shape index (κ2) is 3.39. The minimum Gasteiger partial charge on any atom is -0.496 e. The molecule has 0 fully saturated rings. The van der Waals surface area contributed by atoms with Gasteiger partial charge in [0, 0.05) is 12.1 Å². The highest BCUT2D eigenvalue weighted by atomic mass is 16.5. The Kier molecular flexibility index (Phi) is 2.49. The van der Waals surface area contributed by atoms with Crippen molar-refractivity contribution in [2.45, 2.75) is 13.5 Å². The smallest absolute Gasteiger partial charge is 0.123 e. The molecule has 60 valence electrons. The maximum atomic E-state index is 5.52. The third kappa shape index (κ3) is 1.71. The van der Waals surface area contributed by atoms with Crippen LogP contribution in [0.5, 0.6) is 5.75 Å². The predicted octanol–water partition coefficient (Wildman–Crippen LogP) is 1.46.